The average Bonchev–Trinajstić information content (AvgIpc) is 2.93. The lowest BCUT2D eigenvalue weighted by Gasteiger charge is -2.35. The van der Waals surface area contributed by atoms with Gasteiger partial charge in [-0.25, -0.2) is 4.98 Å². The standard InChI is InChI=1S/C14H18N4/c1-9-6-16-14-13(9)12(4-5-15-14)18-7-10-2-3-11(8-18)17-10/h4-6,10-11,17H,2-3,7-8H2,1H3,(H,15,16)/t10-,11+. The maximum absolute atomic E-state index is 4.41. The fraction of sp³-hybridized carbons (Fsp3) is 0.500. The first-order valence-corrected chi connectivity index (χ1v) is 6.75. The van der Waals surface area contributed by atoms with Gasteiger partial charge < -0.3 is 15.2 Å². The van der Waals surface area contributed by atoms with Gasteiger partial charge in [-0.05, 0) is 31.4 Å². The third-order valence-electron chi connectivity index (χ3n) is 4.31. The minimum Gasteiger partial charge on any atom is -0.368 e. The van der Waals surface area contributed by atoms with Crippen LogP contribution in [0.3, 0.4) is 0 Å². The van der Waals surface area contributed by atoms with Crippen molar-refractivity contribution in [2.45, 2.75) is 31.8 Å². The SMILES string of the molecule is Cc1c[nH]c2nccc(N3C[C@H]4CC[C@@H](C3)N4)c12. The Morgan fingerprint density at radius 3 is 2.83 bits per heavy atom. The van der Waals surface area contributed by atoms with Crippen molar-refractivity contribution in [2.24, 2.45) is 0 Å². The van der Waals surface area contributed by atoms with Gasteiger partial charge in [0.1, 0.15) is 5.65 Å². The molecule has 4 nitrogen and oxygen atoms in total. The van der Waals surface area contributed by atoms with Crippen LogP contribution in [0.5, 0.6) is 0 Å². The molecule has 4 heterocycles. The molecule has 0 radical (unpaired) electrons. The number of rotatable bonds is 1. The third kappa shape index (κ3) is 1.45. The fourth-order valence-electron chi connectivity index (χ4n) is 3.46. The van der Waals surface area contributed by atoms with Crippen molar-refractivity contribution >= 4 is 16.7 Å². The van der Waals surface area contributed by atoms with E-state index >= 15 is 0 Å². The molecule has 2 bridgehead atoms. The largest absolute Gasteiger partial charge is 0.368 e. The highest BCUT2D eigenvalue weighted by Gasteiger charge is 2.32. The van der Waals surface area contributed by atoms with E-state index in [2.05, 4.69) is 39.4 Å². The lowest BCUT2D eigenvalue weighted by molar-refractivity contribution is 0.466. The number of aryl methyl sites for hydroxylation is 1. The Morgan fingerprint density at radius 2 is 2.06 bits per heavy atom. The molecule has 4 heteroatoms. The molecule has 2 saturated heterocycles. The van der Waals surface area contributed by atoms with E-state index in [0.717, 1.165) is 18.7 Å². The second-order valence-electron chi connectivity index (χ2n) is 5.57. The van der Waals surface area contributed by atoms with Crippen LogP contribution in [0.25, 0.3) is 11.0 Å². The van der Waals surface area contributed by atoms with Crippen LogP contribution < -0.4 is 10.2 Å². The smallest absolute Gasteiger partial charge is 0.139 e. The van der Waals surface area contributed by atoms with Crippen molar-refractivity contribution in [2.75, 3.05) is 18.0 Å². The van der Waals surface area contributed by atoms with Gasteiger partial charge in [0, 0.05) is 48.6 Å². The summed E-state index contributed by atoms with van der Waals surface area (Å²) in [5.41, 5.74) is 3.65. The van der Waals surface area contributed by atoms with Crippen LogP contribution in [0, 0.1) is 6.92 Å². The monoisotopic (exact) mass is 242 g/mol. The molecule has 94 valence electrons. The Kier molecular flexibility index (Phi) is 2.14. The van der Waals surface area contributed by atoms with E-state index in [4.69, 9.17) is 0 Å². The zero-order chi connectivity index (χ0) is 12.1. The van der Waals surface area contributed by atoms with E-state index < -0.39 is 0 Å². The summed E-state index contributed by atoms with van der Waals surface area (Å²) in [6.07, 6.45) is 6.61. The molecule has 2 aromatic rings. The first-order chi connectivity index (χ1) is 8.81. The number of aromatic amines is 1. The first kappa shape index (κ1) is 10.4. The van der Waals surface area contributed by atoms with Gasteiger partial charge in [0.15, 0.2) is 0 Å². The number of nitrogens with one attached hydrogen (secondary N) is 2. The van der Waals surface area contributed by atoms with E-state index in [0.29, 0.717) is 12.1 Å². The number of hydrogen-bond acceptors (Lipinski definition) is 3. The summed E-state index contributed by atoms with van der Waals surface area (Å²) in [6.45, 7) is 4.40. The van der Waals surface area contributed by atoms with E-state index in [-0.39, 0.29) is 0 Å². The first-order valence-electron chi connectivity index (χ1n) is 6.75. The number of H-pyrrole nitrogens is 1. The molecule has 0 amide bonds. The minimum absolute atomic E-state index is 0.672. The molecule has 0 aromatic carbocycles. The zero-order valence-electron chi connectivity index (χ0n) is 10.6. The van der Waals surface area contributed by atoms with Gasteiger partial charge in [0.25, 0.3) is 0 Å². The third-order valence-corrected chi connectivity index (χ3v) is 4.31. The van der Waals surface area contributed by atoms with E-state index in [1.54, 1.807) is 0 Å². The van der Waals surface area contributed by atoms with Crippen LogP contribution in [0.4, 0.5) is 5.69 Å². The van der Waals surface area contributed by atoms with Crippen molar-refractivity contribution in [3.05, 3.63) is 24.0 Å². The van der Waals surface area contributed by atoms with Gasteiger partial charge >= 0.3 is 0 Å². The quantitative estimate of drug-likeness (QED) is 0.801. The second-order valence-corrected chi connectivity index (χ2v) is 5.57. The van der Waals surface area contributed by atoms with Crippen molar-refractivity contribution in [1.29, 1.82) is 0 Å². The molecule has 2 atom stereocenters. The van der Waals surface area contributed by atoms with Crippen molar-refractivity contribution in [3.63, 3.8) is 0 Å². The van der Waals surface area contributed by atoms with E-state index in [1.807, 2.05) is 6.20 Å². The molecule has 2 aliphatic rings. The summed E-state index contributed by atoms with van der Waals surface area (Å²) in [6, 6.07) is 3.51. The van der Waals surface area contributed by atoms with Gasteiger partial charge in [-0.3, -0.25) is 0 Å². The van der Waals surface area contributed by atoms with E-state index in [1.165, 1.54) is 29.5 Å². The Morgan fingerprint density at radius 1 is 1.28 bits per heavy atom. The van der Waals surface area contributed by atoms with Gasteiger partial charge in [-0.15, -0.1) is 0 Å². The molecule has 18 heavy (non-hydrogen) atoms. The number of piperazine rings is 1. The molecule has 2 aromatic heterocycles. The number of hydrogen-bond donors (Lipinski definition) is 2. The second kappa shape index (κ2) is 3.72. The van der Waals surface area contributed by atoms with Crippen molar-refractivity contribution in [1.82, 2.24) is 15.3 Å². The van der Waals surface area contributed by atoms with Gasteiger partial charge in [0.2, 0.25) is 0 Å². The molecular weight excluding hydrogens is 224 g/mol. The van der Waals surface area contributed by atoms with Gasteiger partial charge in [0.05, 0.1) is 0 Å². The molecule has 2 fully saturated rings. The molecule has 0 unspecified atom stereocenters. The maximum atomic E-state index is 4.41. The van der Waals surface area contributed by atoms with Crippen LogP contribution in [0.1, 0.15) is 18.4 Å². The minimum atomic E-state index is 0.672. The molecule has 2 aliphatic heterocycles. The van der Waals surface area contributed by atoms with Gasteiger partial charge in [-0.1, -0.05) is 0 Å². The molecular formula is C14H18N4. The molecule has 0 aliphatic carbocycles. The molecule has 4 rings (SSSR count). The Labute approximate surface area is 106 Å². The van der Waals surface area contributed by atoms with Crippen LogP contribution in [0.2, 0.25) is 0 Å². The maximum Gasteiger partial charge on any atom is 0.139 e. The highest BCUT2D eigenvalue weighted by Crippen LogP contribution is 2.31. The van der Waals surface area contributed by atoms with Crippen LogP contribution in [-0.4, -0.2) is 35.1 Å². The van der Waals surface area contributed by atoms with E-state index in [9.17, 15) is 0 Å². The lowest BCUT2D eigenvalue weighted by Crippen LogP contribution is -2.51. The number of anilines is 1. The summed E-state index contributed by atoms with van der Waals surface area (Å²) >= 11 is 0. The Hall–Kier alpha value is -1.55. The van der Waals surface area contributed by atoms with Crippen LogP contribution >= 0.6 is 0 Å². The fourth-order valence-corrected chi connectivity index (χ4v) is 3.46. The summed E-state index contributed by atoms with van der Waals surface area (Å²) in [7, 11) is 0. The number of nitrogens with zero attached hydrogens (tertiary/aromatic N) is 2. The summed E-state index contributed by atoms with van der Waals surface area (Å²) in [5.74, 6) is 0. The molecule has 2 N–H and O–H groups in total. The highest BCUT2D eigenvalue weighted by atomic mass is 15.2. The number of fused-ring (bicyclic) bond motifs is 3. The van der Waals surface area contributed by atoms with Gasteiger partial charge in [-0.2, -0.15) is 0 Å². The van der Waals surface area contributed by atoms with Crippen molar-refractivity contribution < 1.29 is 0 Å². The zero-order valence-corrected chi connectivity index (χ0v) is 10.6. The Balaban J connectivity index is 1.80. The Bertz CT molecular complexity index is 576. The normalized spacial score (nSPS) is 27.1. The molecule has 0 saturated carbocycles. The summed E-state index contributed by atoms with van der Waals surface area (Å²) < 4.78 is 0. The average molecular weight is 242 g/mol. The topological polar surface area (TPSA) is 44.0 Å². The number of pyridine rings is 1. The van der Waals surface area contributed by atoms with Crippen LogP contribution in [-0.2, 0) is 0 Å². The molecule has 0 spiro atoms. The predicted octanol–water partition coefficient (Wildman–Crippen LogP) is 1.81. The summed E-state index contributed by atoms with van der Waals surface area (Å²) in [4.78, 5) is 10.2. The highest BCUT2D eigenvalue weighted by molar-refractivity contribution is 5.92. The predicted molar refractivity (Wildman–Crippen MR) is 73.0 cm³/mol. The van der Waals surface area contributed by atoms with Crippen LogP contribution in [0.15, 0.2) is 18.5 Å². The lowest BCUT2D eigenvalue weighted by atomic mass is 10.1. The summed E-state index contributed by atoms with van der Waals surface area (Å²) in [5, 5.41) is 4.97. The number of aromatic nitrogens is 2. The van der Waals surface area contributed by atoms with Crippen molar-refractivity contribution in [3.8, 4) is 0 Å².